The molecule has 2 aliphatic rings. The largest absolute Gasteiger partial charge is 0.356 e. The maximum Gasteiger partial charge on any atom is 0.258 e. The molecular formula is C19H20F2N4O. The number of pyridine rings is 2. The number of likely N-dealkylation sites (tertiary alicyclic amines) is 1. The van der Waals surface area contributed by atoms with E-state index in [1.54, 1.807) is 41.7 Å². The summed E-state index contributed by atoms with van der Waals surface area (Å²) >= 11 is 0. The van der Waals surface area contributed by atoms with Gasteiger partial charge in [0.05, 0.1) is 5.41 Å². The third-order valence-electron chi connectivity index (χ3n) is 5.51. The van der Waals surface area contributed by atoms with Crippen molar-refractivity contribution in [2.24, 2.45) is 5.41 Å². The first-order chi connectivity index (χ1) is 12.5. The monoisotopic (exact) mass is 358 g/mol. The summed E-state index contributed by atoms with van der Waals surface area (Å²) in [5.41, 5.74) is -0.745. The lowest BCUT2D eigenvalue weighted by Crippen LogP contribution is -2.58. The maximum atomic E-state index is 14.9. The first-order valence-electron chi connectivity index (χ1n) is 8.74. The van der Waals surface area contributed by atoms with Crippen LogP contribution in [0.15, 0.2) is 48.9 Å². The van der Waals surface area contributed by atoms with Crippen molar-refractivity contribution >= 4 is 11.7 Å². The number of carbonyl (C=O) groups is 1. The Labute approximate surface area is 150 Å². The van der Waals surface area contributed by atoms with Crippen LogP contribution in [0.1, 0.15) is 23.2 Å². The van der Waals surface area contributed by atoms with Crippen molar-refractivity contribution in [3.63, 3.8) is 0 Å². The van der Waals surface area contributed by atoms with Gasteiger partial charge in [-0.1, -0.05) is 6.07 Å². The van der Waals surface area contributed by atoms with E-state index >= 15 is 0 Å². The Hall–Kier alpha value is -2.57. The normalized spacial score (nSPS) is 24.8. The van der Waals surface area contributed by atoms with E-state index in [0.29, 0.717) is 24.3 Å². The molecule has 0 aliphatic carbocycles. The van der Waals surface area contributed by atoms with E-state index in [0.717, 1.165) is 0 Å². The summed E-state index contributed by atoms with van der Waals surface area (Å²) in [4.78, 5) is 24.4. The standard InChI is InChI=1S/C19H20F2N4O/c20-19(21)7-12-25(17(26)15-4-9-22-10-5-15)14-18(19)6-11-24(13-18)16-3-1-2-8-23-16/h1-5,8-10H,6-7,11-14H2/t18-/m0/s1. The number of aromatic nitrogens is 2. The smallest absolute Gasteiger partial charge is 0.258 e. The highest BCUT2D eigenvalue weighted by atomic mass is 19.3. The van der Waals surface area contributed by atoms with Gasteiger partial charge >= 0.3 is 0 Å². The summed E-state index contributed by atoms with van der Waals surface area (Å²) in [6.07, 6.45) is 4.79. The fourth-order valence-corrected chi connectivity index (χ4v) is 3.99. The van der Waals surface area contributed by atoms with Crippen molar-refractivity contribution in [1.82, 2.24) is 14.9 Å². The van der Waals surface area contributed by atoms with Gasteiger partial charge in [0, 0.05) is 56.8 Å². The number of alkyl halides is 2. The summed E-state index contributed by atoms with van der Waals surface area (Å²) in [5, 5.41) is 0. The third-order valence-corrected chi connectivity index (χ3v) is 5.51. The lowest BCUT2D eigenvalue weighted by Gasteiger charge is -2.45. The molecule has 0 N–H and O–H groups in total. The molecule has 4 heterocycles. The van der Waals surface area contributed by atoms with E-state index in [1.165, 1.54) is 0 Å². The zero-order valence-electron chi connectivity index (χ0n) is 14.3. The van der Waals surface area contributed by atoms with Gasteiger partial charge in [0.15, 0.2) is 0 Å². The Morgan fingerprint density at radius 1 is 1.00 bits per heavy atom. The second kappa shape index (κ2) is 6.30. The summed E-state index contributed by atoms with van der Waals surface area (Å²) in [6.45, 7) is 0.852. The van der Waals surface area contributed by atoms with Crippen LogP contribution >= 0.6 is 0 Å². The first kappa shape index (κ1) is 16.9. The number of hydrogen-bond donors (Lipinski definition) is 0. The van der Waals surface area contributed by atoms with Crippen molar-refractivity contribution in [1.29, 1.82) is 0 Å². The van der Waals surface area contributed by atoms with E-state index < -0.39 is 11.3 Å². The van der Waals surface area contributed by atoms with Gasteiger partial charge in [-0.05, 0) is 30.7 Å². The van der Waals surface area contributed by atoms with Crippen LogP contribution in [0.2, 0.25) is 0 Å². The fraction of sp³-hybridized carbons (Fsp3) is 0.421. The molecule has 0 saturated carbocycles. The zero-order chi connectivity index (χ0) is 18.2. The Bertz CT molecular complexity index is 787. The topological polar surface area (TPSA) is 49.3 Å². The molecule has 2 aliphatic heterocycles. The van der Waals surface area contributed by atoms with Crippen LogP contribution in [-0.2, 0) is 0 Å². The van der Waals surface area contributed by atoms with Gasteiger partial charge in [0.2, 0.25) is 0 Å². The van der Waals surface area contributed by atoms with Gasteiger partial charge in [0.1, 0.15) is 5.82 Å². The molecule has 0 unspecified atom stereocenters. The highest BCUT2D eigenvalue weighted by molar-refractivity contribution is 5.94. The molecule has 26 heavy (non-hydrogen) atoms. The van der Waals surface area contributed by atoms with E-state index in [2.05, 4.69) is 9.97 Å². The Kier molecular flexibility index (Phi) is 4.09. The van der Waals surface area contributed by atoms with E-state index in [9.17, 15) is 13.6 Å². The van der Waals surface area contributed by atoms with Crippen LogP contribution in [-0.4, -0.2) is 52.9 Å². The molecule has 5 nitrogen and oxygen atoms in total. The average molecular weight is 358 g/mol. The van der Waals surface area contributed by atoms with Crippen molar-refractivity contribution in [3.05, 3.63) is 54.5 Å². The zero-order valence-corrected chi connectivity index (χ0v) is 14.3. The predicted molar refractivity (Wildman–Crippen MR) is 93.2 cm³/mol. The third kappa shape index (κ3) is 2.81. The van der Waals surface area contributed by atoms with Crippen LogP contribution in [0.25, 0.3) is 0 Å². The van der Waals surface area contributed by atoms with Crippen molar-refractivity contribution in [2.75, 3.05) is 31.1 Å². The molecule has 7 heteroatoms. The van der Waals surface area contributed by atoms with Crippen LogP contribution in [0, 0.1) is 5.41 Å². The predicted octanol–water partition coefficient (Wildman–Crippen LogP) is 2.85. The molecule has 0 bridgehead atoms. The number of amides is 1. The van der Waals surface area contributed by atoms with Crippen molar-refractivity contribution in [3.8, 4) is 0 Å². The summed E-state index contributed by atoms with van der Waals surface area (Å²) in [7, 11) is 0. The number of rotatable bonds is 2. The van der Waals surface area contributed by atoms with Gasteiger partial charge in [-0.15, -0.1) is 0 Å². The summed E-state index contributed by atoms with van der Waals surface area (Å²) in [6, 6.07) is 8.73. The van der Waals surface area contributed by atoms with Crippen LogP contribution < -0.4 is 4.90 Å². The number of piperidine rings is 1. The molecule has 0 aromatic carbocycles. The molecule has 136 valence electrons. The number of halogens is 2. The lowest BCUT2D eigenvalue weighted by molar-refractivity contribution is -0.150. The van der Waals surface area contributed by atoms with Crippen LogP contribution in [0.5, 0.6) is 0 Å². The van der Waals surface area contributed by atoms with Crippen molar-refractivity contribution in [2.45, 2.75) is 18.8 Å². The Morgan fingerprint density at radius 3 is 2.54 bits per heavy atom. The van der Waals surface area contributed by atoms with Gasteiger partial charge in [-0.3, -0.25) is 9.78 Å². The second-order valence-corrected chi connectivity index (χ2v) is 7.06. The minimum atomic E-state index is -2.80. The summed E-state index contributed by atoms with van der Waals surface area (Å²) in [5.74, 6) is -2.30. The van der Waals surface area contributed by atoms with Gasteiger partial charge < -0.3 is 9.80 Å². The fourth-order valence-electron chi connectivity index (χ4n) is 3.99. The molecule has 0 radical (unpaired) electrons. The number of carbonyl (C=O) groups excluding carboxylic acids is 1. The Balaban J connectivity index is 1.57. The molecule has 1 spiro atoms. The Morgan fingerprint density at radius 2 is 1.81 bits per heavy atom. The number of nitrogens with zero attached hydrogens (tertiary/aromatic N) is 4. The molecule has 2 aromatic rings. The molecule has 1 amide bonds. The highest BCUT2D eigenvalue weighted by Crippen LogP contribution is 2.50. The minimum Gasteiger partial charge on any atom is -0.356 e. The maximum absolute atomic E-state index is 14.9. The second-order valence-electron chi connectivity index (χ2n) is 7.06. The van der Waals surface area contributed by atoms with Crippen molar-refractivity contribution < 1.29 is 13.6 Å². The minimum absolute atomic E-state index is 0.0600. The molecule has 2 fully saturated rings. The summed E-state index contributed by atoms with van der Waals surface area (Å²) < 4.78 is 29.8. The van der Waals surface area contributed by atoms with E-state index in [1.807, 2.05) is 17.0 Å². The van der Waals surface area contributed by atoms with Gasteiger partial charge in [-0.25, -0.2) is 13.8 Å². The number of anilines is 1. The van der Waals surface area contributed by atoms with Gasteiger partial charge in [0.25, 0.3) is 11.8 Å². The average Bonchev–Trinajstić information content (AvgIpc) is 3.11. The molecule has 1 atom stereocenters. The first-order valence-corrected chi connectivity index (χ1v) is 8.74. The molecule has 2 saturated heterocycles. The van der Waals surface area contributed by atoms with E-state index in [4.69, 9.17) is 0 Å². The SMILES string of the molecule is O=C(c1ccncc1)N1CCC(F)(F)[C@]2(CCN(c3ccccn3)C2)C1. The van der Waals surface area contributed by atoms with E-state index in [-0.39, 0.29) is 32.0 Å². The molecular weight excluding hydrogens is 338 g/mol. The van der Waals surface area contributed by atoms with Crippen LogP contribution in [0.4, 0.5) is 14.6 Å². The van der Waals surface area contributed by atoms with Crippen LogP contribution in [0.3, 0.4) is 0 Å². The van der Waals surface area contributed by atoms with Gasteiger partial charge in [-0.2, -0.15) is 0 Å². The quantitative estimate of drug-likeness (QED) is 0.828. The highest BCUT2D eigenvalue weighted by Gasteiger charge is 2.60. The lowest BCUT2D eigenvalue weighted by atomic mass is 9.75. The molecule has 4 rings (SSSR count). The number of hydrogen-bond acceptors (Lipinski definition) is 4. The molecule has 2 aromatic heterocycles.